The Balaban J connectivity index is 1.58. The Morgan fingerprint density at radius 3 is 2.46 bits per heavy atom. The Bertz CT molecular complexity index is 948. The molecule has 2 N–H and O–H groups in total. The van der Waals surface area contributed by atoms with Crippen LogP contribution in [0.1, 0.15) is 46.4 Å². The fourth-order valence-electron chi connectivity index (χ4n) is 3.31. The molecule has 1 aromatic carbocycles. The number of carboxylic acids is 1. The third-order valence-electron chi connectivity index (χ3n) is 4.85. The Morgan fingerprint density at radius 2 is 1.82 bits per heavy atom. The van der Waals surface area contributed by atoms with E-state index in [9.17, 15) is 19.5 Å². The summed E-state index contributed by atoms with van der Waals surface area (Å²) >= 11 is 3.41. The highest BCUT2D eigenvalue weighted by atomic mass is 79.9. The number of nitrogens with zero attached hydrogens (tertiary/aromatic N) is 1. The minimum absolute atomic E-state index is 0.00692. The molecule has 7 nitrogen and oxygen atoms in total. The molecular weight excluding hydrogens is 428 g/mol. The number of aryl methyl sites for hydroxylation is 1. The highest BCUT2D eigenvalue weighted by molar-refractivity contribution is 9.10. The largest absolute Gasteiger partial charge is 0.489 e. The van der Waals surface area contributed by atoms with Crippen molar-refractivity contribution >= 4 is 27.8 Å². The lowest BCUT2D eigenvalue weighted by Crippen LogP contribution is -2.40. The number of hydrogen-bond acceptors (Lipinski definition) is 4. The minimum Gasteiger partial charge on any atom is -0.489 e. The molecular formula is C20H21BrN2O5. The molecule has 1 aliphatic carbocycles. The number of benzene rings is 1. The Morgan fingerprint density at radius 1 is 1.18 bits per heavy atom. The van der Waals surface area contributed by atoms with Crippen LogP contribution in [0.5, 0.6) is 5.75 Å². The summed E-state index contributed by atoms with van der Waals surface area (Å²) < 4.78 is 8.15. The number of hydrogen-bond donors (Lipinski definition) is 2. The zero-order valence-electron chi connectivity index (χ0n) is 15.4. The first-order chi connectivity index (χ1) is 13.3. The van der Waals surface area contributed by atoms with Crippen LogP contribution >= 0.6 is 15.9 Å². The van der Waals surface area contributed by atoms with Crippen LogP contribution in [0.4, 0.5) is 0 Å². The van der Waals surface area contributed by atoms with Crippen LogP contribution in [0.2, 0.25) is 0 Å². The third kappa shape index (κ3) is 4.62. The van der Waals surface area contributed by atoms with E-state index >= 15 is 0 Å². The first-order valence-electron chi connectivity index (χ1n) is 9.01. The molecule has 1 saturated carbocycles. The number of pyridine rings is 1. The van der Waals surface area contributed by atoms with E-state index in [2.05, 4.69) is 21.2 Å². The zero-order chi connectivity index (χ0) is 20.3. The summed E-state index contributed by atoms with van der Waals surface area (Å²) in [6.07, 6.45) is 4.52. The average molecular weight is 449 g/mol. The van der Waals surface area contributed by atoms with Gasteiger partial charge in [-0.05, 0) is 53.7 Å². The molecule has 1 amide bonds. The van der Waals surface area contributed by atoms with Crippen molar-refractivity contribution in [3.8, 4) is 5.75 Å². The van der Waals surface area contributed by atoms with Crippen molar-refractivity contribution in [2.45, 2.75) is 37.8 Å². The van der Waals surface area contributed by atoms with E-state index in [1.807, 2.05) is 0 Å². The molecule has 0 saturated heterocycles. The van der Waals surface area contributed by atoms with Crippen molar-refractivity contribution in [1.82, 2.24) is 9.88 Å². The average Bonchev–Trinajstić information content (AvgIpc) is 2.67. The Labute approximate surface area is 170 Å². The lowest BCUT2D eigenvalue weighted by Gasteiger charge is -2.30. The summed E-state index contributed by atoms with van der Waals surface area (Å²) in [5.74, 6) is -0.981. The standard InChI is InChI=1S/C20H21BrN2O5/c1-23-11-16(21)17(10-18(23)24)28-13-8-6-12(7-9-13)22-19(25)14-4-2-3-5-15(14)20(26)27/h2-5,10-13H,6-9H2,1H3,(H,22,25)(H,26,27)/t12-,13-. The zero-order valence-corrected chi connectivity index (χ0v) is 16.9. The normalized spacial score (nSPS) is 19.1. The van der Waals surface area contributed by atoms with Gasteiger partial charge in [-0.25, -0.2) is 4.79 Å². The molecule has 0 radical (unpaired) electrons. The molecule has 0 unspecified atom stereocenters. The van der Waals surface area contributed by atoms with Gasteiger partial charge < -0.3 is 19.7 Å². The fourth-order valence-corrected chi connectivity index (χ4v) is 3.82. The van der Waals surface area contributed by atoms with Gasteiger partial charge in [0, 0.05) is 25.4 Å². The second kappa shape index (κ2) is 8.60. The van der Waals surface area contributed by atoms with Crippen LogP contribution in [0.15, 0.2) is 45.8 Å². The van der Waals surface area contributed by atoms with Gasteiger partial charge in [-0.2, -0.15) is 0 Å². The van der Waals surface area contributed by atoms with Gasteiger partial charge in [-0.1, -0.05) is 12.1 Å². The summed E-state index contributed by atoms with van der Waals surface area (Å²) in [6.45, 7) is 0. The quantitative estimate of drug-likeness (QED) is 0.732. The predicted molar refractivity (Wildman–Crippen MR) is 107 cm³/mol. The lowest BCUT2D eigenvalue weighted by atomic mass is 9.92. The van der Waals surface area contributed by atoms with Crippen molar-refractivity contribution in [3.63, 3.8) is 0 Å². The van der Waals surface area contributed by atoms with Gasteiger partial charge in [0.05, 0.1) is 21.7 Å². The molecule has 28 heavy (non-hydrogen) atoms. The van der Waals surface area contributed by atoms with Crippen LogP contribution < -0.4 is 15.6 Å². The number of amides is 1. The minimum atomic E-state index is -1.12. The molecule has 3 rings (SSSR count). The predicted octanol–water partition coefficient (Wildman–Crippen LogP) is 2.97. The second-order valence-corrected chi connectivity index (χ2v) is 7.70. The maximum Gasteiger partial charge on any atom is 0.336 e. The van der Waals surface area contributed by atoms with Crippen LogP contribution in [0.3, 0.4) is 0 Å². The van der Waals surface area contributed by atoms with Crippen LogP contribution in [0.25, 0.3) is 0 Å². The van der Waals surface area contributed by atoms with Crippen molar-refractivity contribution in [3.05, 3.63) is 62.5 Å². The van der Waals surface area contributed by atoms with E-state index in [1.165, 1.54) is 22.8 Å². The number of aromatic carboxylic acids is 1. The number of halogens is 1. The van der Waals surface area contributed by atoms with E-state index in [4.69, 9.17) is 4.74 Å². The summed E-state index contributed by atoms with van der Waals surface area (Å²) in [5.41, 5.74) is 0.0150. The molecule has 0 bridgehead atoms. The third-order valence-corrected chi connectivity index (χ3v) is 5.45. The maximum absolute atomic E-state index is 12.5. The summed E-state index contributed by atoms with van der Waals surface area (Å²) in [4.78, 5) is 35.5. The van der Waals surface area contributed by atoms with Gasteiger partial charge in [-0.3, -0.25) is 9.59 Å². The van der Waals surface area contributed by atoms with Crippen LogP contribution in [0, 0.1) is 0 Å². The van der Waals surface area contributed by atoms with Crippen LogP contribution in [-0.2, 0) is 7.05 Å². The van der Waals surface area contributed by atoms with E-state index < -0.39 is 5.97 Å². The Kier molecular flexibility index (Phi) is 6.18. The SMILES string of the molecule is Cn1cc(Br)c(O[C@H]2CC[C@H](NC(=O)c3ccccc3C(=O)O)CC2)cc1=O. The van der Waals surface area contributed by atoms with Gasteiger partial charge >= 0.3 is 5.97 Å². The molecule has 0 atom stereocenters. The summed E-state index contributed by atoms with van der Waals surface area (Å²) in [7, 11) is 1.67. The summed E-state index contributed by atoms with van der Waals surface area (Å²) in [5, 5.41) is 12.2. The van der Waals surface area contributed by atoms with E-state index in [1.54, 1.807) is 25.4 Å². The first kappa shape index (κ1) is 20.1. The number of ether oxygens (including phenoxy) is 1. The molecule has 1 aromatic heterocycles. The molecule has 1 aliphatic rings. The highest BCUT2D eigenvalue weighted by Gasteiger charge is 2.26. The molecule has 1 fully saturated rings. The topological polar surface area (TPSA) is 97.6 Å². The number of nitrogens with one attached hydrogen (secondary N) is 1. The van der Waals surface area contributed by atoms with Crippen molar-refractivity contribution in [2.24, 2.45) is 7.05 Å². The smallest absolute Gasteiger partial charge is 0.336 e. The van der Waals surface area contributed by atoms with Crippen molar-refractivity contribution < 1.29 is 19.4 Å². The number of aromatic nitrogens is 1. The number of carboxylic acid groups (broad SMARTS) is 1. The summed E-state index contributed by atoms with van der Waals surface area (Å²) in [6, 6.07) is 7.60. The maximum atomic E-state index is 12.5. The number of carbonyl (C=O) groups is 2. The molecule has 8 heteroatoms. The molecule has 2 aromatic rings. The Hall–Kier alpha value is -2.61. The van der Waals surface area contributed by atoms with Gasteiger partial charge in [0.15, 0.2) is 0 Å². The molecule has 0 aliphatic heterocycles. The lowest BCUT2D eigenvalue weighted by molar-refractivity contribution is 0.0689. The molecule has 148 valence electrons. The first-order valence-corrected chi connectivity index (χ1v) is 9.80. The van der Waals surface area contributed by atoms with Crippen molar-refractivity contribution in [2.75, 3.05) is 0 Å². The molecule has 0 spiro atoms. The number of rotatable bonds is 5. The number of carbonyl (C=O) groups excluding carboxylic acids is 1. The van der Waals surface area contributed by atoms with E-state index in [0.717, 1.165) is 17.3 Å². The fraction of sp³-hybridized carbons (Fsp3) is 0.350. The second-order valence-electron chi connectivity index (χ2n) is 6.85. The van der Waals surface area contributed by atoms with Gasteiger partial charge in [0.25, 0.3) is 11.5 Å². The highest BCUT2D eigenvalue weighted by Crippen LogP contribution is 2.28. The molecule has 1 heterocycles. The van der Waals surface area contributed by atoms with E-state index in [-0.39, 0.29) is 34.7 Å². The van der Waals surface area contributed by atoms with Gasteiger partial charge in [0.1, 0.15) is 5.75 Å². The van der Waals surface area contributed by atoms with Crippen molar-refractivity contribution in [1.29, 1.82) is 0 Å². The van der Waals surface area contributed by atoms with Crippen LogP contribution in [-0.4, -0.2) is 33.7 Å². The van der Waals surface area contributed by atoms with Gasteiger partial charge in [0.2, 0.25) is 0 Å². The van der Waals surface area contributed by atoms with Gasteiger partial charge in [-0.15, -0.1) is 0 Å². The van der Waals surface area contributed by atoms with E-state index in [0.29, 0.717) is 18.6 Å². The monoisotopic (exact) mass is 448 g/mol.